The molecule has 2 aliphatic rings. The van der Waals surface area contributed by atoms with Crippen LogP contribution in [0.1, 0.15) is 61.0 Å². The first-order chi connectivity index (χ1) is 21.5. The number of ether oxygens (including phenoxy) is 2. The van der Waals surface area contributed by atoms with Gasteiger partial charge in [-0.1, -0.05) is 61.7 Å². The monoisotopic (exact) mass is 586 g/mol. The first-order valence-corrected chi connectivity index (χ1v) is 15.2. The second kappa shape index (κ2) is 11.9. The summed E-state index contributed by atoms with van der Waals surface area (Å²) in [6, 6.07) is 28.4. The Balaban J connectivity index is 1.04. The van der Waals surface area contributed by atoms with Crippen LogP contribution in [0.3, 0.4) is 0 Å². The second-order valence-corrected chi connectivity index (χ2v) is 11.5. The van der Waals surface area contributed by atoms with Gasteiger partial charge in [0.1, 0.15) is 6.04 Å². The van der Waals surface area contributed by atoms with Gasteiger partial charge in [-0.2, -0.15) is 5.10 Å². The Morgan fingerprint density at radius 3 is 2.39 bits per heavy atom. The zero-order chi connectivity index (χ0) is 30.0. The van der Waals surface area contributed by atoms with Crippen LogP contribution in [0.5, 0.6) is 11.5 Å². The summed E-state index contributed by atoms with van der Waals surface area (Å²) in [4.78, 5) is 26.2. The smallest absolute Gasteiger partial charge is 0.251 e. The van der Waals surface area contributed by atoms with Crippen molar-refractivity contribution in [1.82, 2.24) is 15.1 Å². The van der Waals surface area contributed by atoms with Gasteiger partial charge in [-0.05, 0) is 79.4 Å². The number of aromatic nitrogens is 2. The molecule has 222 valence electrons. The zero-order valence-electron chi connectivity index (χ0n) is 24.6. The molecule has 1 aromatic heterocycles. The van der Waals surface area contributed by atoms with E-state index in [9.17, 15) is 9.59 Å². The van der Waals surface area contributed by atoms with Gasteiger partial charge in [0.05, 0.1) is 16.9 Å². The van der Waals surface area contributed by atoms with E-state index < -0.39 is 6.04 Å². The van der Waals surface area contributed by atoms with E-state index in [2.05, 4.69) is 27.4 Å². The van der Waals surface area contributed by atoms with Crippen LogP contribution in [0.2, 0.25) is 0 Å². The van der Waals surface area contributed by atoms with Gasteiger partial charge in [0.2, 0.25) is 12.7 Å². The molecule has 8 nitrogen and oxygen atoms in total. The number of nitrogens with zero attached hydrogens (tertiary/aromatic N) is 2. The first kappa shape index (κ1) is 27.7. The Bertz CT molecular complexity index is 1830. The fourth-order valence-electron chi connectivity index (χ4n) is 6.20. The number of hydrogen-bond acceptors (Lipinski definition) is 5. The Morgan fingerprint density at radius 1 is 0.841 bits per heavy atom. The van der Waals surface area contributed by atoms with Gasteiger partial charge in [-0.25, -0.2) is 4.68 Å². The number of fused-ring (bicyclic) bond motifs is 2. The lowest BCUT2D eigenvalue weighted by Crippen LogP contribution is -2.41. The molecule has 5 aromatic rings. The number of carbonyl (C=O) groups excluding carboxylic acids is 2. The van der Waals surface area contributed by atoms with E-state index in [0.717, 1.165) is 52.1 Å². The standard InChI is InChI=1S/C36H34N4O4/c1-23(35(41)38-28-16-12-24(13-17-28)26-15-19-32-33(21-26)44-22-43-32)37-36(42)27-14-18-30-31(20-27)39-40(29-10-6-3-7-11-29)34(30)25-8-4-2-5-9-25/h3,6-7,10-21,23,25H,2,4-5,8-9,22H2,1H3,(H,37,42)(H,38,41)/t23-/m1/s1. The van der Waals surface area contributed by atoms with Crippen molar-refractivity contribution in [3.63, 3.8) is 0 Å². The molecular formula is C36H34N4O4. The summed E-state index contributed by atoms with van der Waals surface area (Å²) >= 11 is 0. The SMILES string of the molecule is C[C@@H](NC(=O)c1ccc2c(C3CCCCC3)n(-c3ccccc3)nc2c1)C(=O)Nc1ccc(-c2ccc3c(c2)OCO3)cc1. The predicted molar refractivity (Wildman–Crippen MR) is 170 cm³/mol. The summed E-state index contributed by atoms with van der Waals surface area (Å²) in [6.07, 6.45) is 6.00. The summed E-state index contributed by atoms with van der Waals surface area (Å²) < 4.78 is 12.9. The van der Waals surface area contributed by atoms with E-state index in [4.69, 9.17) is 14.6 Å². The average Bonchev–Trinajstić information content (AvgIpc) is 3.70. The Hall–Kier alpha value is -5.11. The van der Waals surface area contributed by atoms with Crippen molar-refractivity contribution >= 4 is 28.4 Å². The molecule has 7 rings (SSSR count). The van der Waals surface area contributed by atoms with E-state index in [1.54, 1.807) is 6.92 Å². The summed E-state index contributed by atoms with van der Waals surface area (Å²) in [5.41, 5.74) is 6.10. The van der Waals surface area contributed by atoms with E-state index in [1.807, 2.05) is 78.9 Å². The quantitative estimate of drug-likeness (QED) is 0.210. The number of amides is 2. The molecule has 2 N–H and O–H groups in total. The average molecular weight is 587 g/mol. The number of hydrogen-bond donors (Lipinski definition) is 2. The number of nitrogens with one attached hydrogen (secondary N) is 2. The molecule has 1 aliphatic carbocycles. The van der Waals surface area contributed by atoms with E-state index >= 15 is 0 Å². The second-order valence-electron chi connectivity index (χ2n) is 11.5. The number of anilines is 1. The van der Waals surface area contributed by atoms with Crippen LogP contribution < -0.4 is 20.1 Å². The fraction of sp³-hybridized carbons (Fsp3) is 0.250. The molecule has 1 fully saturated rings. The topological polar surface area (TPSA) is 94.5 Å². The molecule has 44 heavy (non-hydrogen) atoms. The van der Waals surface area contributed by atoms with E-state index in [-0.39, 0.29) is 18.6 Å². The van der Waals surface area contributed by atoms with Gasteiger partial charge in [0, 0.05) is 22.6 Å². The molecule has 0 unspecified atom stereocenters. The highest BCUT2D eigenvalue weighted by Gasteiger charge is 2.25. The van der Waals surface area contributed by atoms with Crippen LogP contribution >= 0.6 is 0 Å². The van der Waals surface area contributed by atoms with Crippen LogP contribution in [-0.2, 0) is 4.79 Å². The summed E-state index contributed by atoms with van der Waals surface area (Å²) in [7, 11) is 0. The largest absolute Gasteiger partial charge is 0.454 e. The number of rotatable bonds is 7. The van der Waals surface area contributed by atoms with Gasteiger partial charge in [0.25, 0.3) is 5.91 Å². The molecule has 4 aromatic carbocycles. The highest BCUT2D eigenvalue weighted by Crippen LogP contribution is 2.38. The Morgan fingerprint density at radius 2 is 1.59 bits per heavy atom. The lowest BCUT2D eigenvalue weighted by Gasteiger charge is -2.23. The van der Waals surface area contributed by atoms with Crippen molar-refractivity contribution in [1.29, 1.82) is 0 Å². The van der Waals surface area contributed by atoms with Crippen molar-refractivity contribution in [3.8, 4) is 28.3 Å². The highest BCUT2D eigenvalue weighted by molar-refractivity contribution is 6.02. The van der Waals surface area contributed by atoms with Crippen molar-refractivity contribution in [2.45, 2.75) is 51.0 Å². The summed E-state index contributed by atoms with van der Waals surface area (Å²) in [5, 5.41) is 11.8. The van der Waals surface area contributed by atoms with Gasteiger partial charge >= 0.3 is 0 Å². The van der Waals surface area contributed by atoms with Crippen molar-refractivity contribution in [3.05, 3.63) is 102 Å². The van der Waals surface area contributed by atoms with Crippen molar-refractivity contribution in [2.24, 2.45) is 0 Å². The third-order valence-electron chi connectivity index (χ3n) is 8.56. The summed E-state index contributed by atoms with van der Waals surface area (Å²) in [6.45, 7) is 1.91. The van der Waals surface area contributed by atoms with Gasteiger partial charge in [0.15, 0.2) is 11.5 Å². The van der Waals surface area contributed by atoms with Crippen LogP contribution in [0, 0.1) is 0 Å². The molecule has 1 aliphatic heterocycles. The number of benzene rings is 4. The van der Waals surface area contributed by atoms with Crippen molar-refractivity contribution in [2.75, 3.05) is 12.1 Å². The summed E-state index contributed by atoms with van der Waals surface area (Å²) in [5.74, 6) is 1.27. The van der Waals surface area contributed by atoms with Gasteiger partial charge < -0.3 is 20.1 Å². The minimum atomic E-state index is -0.744. The fourth-order valence-corrected chi connectivity index (χ4v) is 6.20. The molecular weight excluding hydrogens is 552 g/mol. The number of para-hydroxylation sites is 1. The molecule has 2 amide bonds. The van der Waals surface area contributed by atoms with Gasteiger partial charge in [-0.3, -0.25) is 9.59 Å². The molecule has 1 atom stereocenters. The Labute approximate surface area is 256 Å². The van der Waals surface area contributed by atoms with Crippen LogP contribution in [-0.4, -0.2) is 34.4 Å². The molecule has 0 radical (unpaired) electrons. The van der Waals surface area contributed by atoms with E-state index in [1.165, 1.54) is 25.0 Å². The molecule has 0 saturated heterocycles. The third kappa shape index (κ3) is 5.51. The Kier molecular flexibility index (Phi) is 7.48. The molecule has 1 saturated carbocycles. The minimum absolute atomic E-state index is 0.229. The maximum atomic E-state index is 13.3. The number of carbonyl (C=O) groups is 2. The van der Waals surface area contributed by atoms with Crippen molar-refractivity contribution < 1.29 is 19.1 Å². The molecule has 0 bridgehead atoms. The lowest BCUT2D eigenvalue weighted by molar-refractivity contribution is -0.117. The van der Waals surface area contributed by atoms with E-state index in [0.29, 0.717) is 17.2 Å². The van der Waals surface area contributed by atoms with Crippen LogP contribution in [0.4, 0.5) is 5.69 Å². The minimum Gasteiger partial charge on any atom is -0.454 e. The van der Waals surface area contributed by atoms with Crippen LogP contribution in [0.25, 0.3) is 27.7 Å². The zero-order valence-corrected chi connectivity index (χ0v) is 24.6. The molecule has 2 heterocycles. The molecule has 8 heteroatoms. The maximum absolute atomic E-state index is 13.3. The van der Waals surface area contributed by atoms with Gasteiger partial charge in [-0.15, -0.1) is 0 Å². The highest BCUT2D eigenvalue weighted by atomic mass is 16.7. The normalized spacial score (nSPS) is 15.2. The lowest BCUT2D eigenvalue weighted by atomic mass is 9.85. The first-order valence-electron chi connectivity index (χ1n) is 15.2. The third-order valence-corrected chi connectivity index (χ3v) is 8.56. The maximum Gasteiger partial charge on any atom is 0.251 e. The predicted octanol–water partition coefficient (Wildman–Crippen LogP) is 7.23. The molecule has 0 spiro atoms. The van der Waals surface area contributed by atoms with Crippen LogP contribution in [0.15, 0.2) is 91.0 Å².